The normalized spacial score (nSPS) is 8.57. The van der Waals surface area contributed by atoms with Gasteiger partial charge in [-0.3, -0.25) is 0 Å². The SMILES string of the molecule is C[N+](C)(C)C.O.[NaH]. The van der Waals surface area contributed by atoms with E-state index in [0.29, 0.717) is 0 Å². The van der Waals surface area contributed by atoms with E-state index in [0.717, 1.165) is 4.48 Å². The van der Waals surface area contributed by atoms with Gasteiger partial charge in [-0.25, -0.2) is 0 Å². The van der Waals surface area contributed by atoms with Crippen LogP contribution in [0.4, 0.5) is 0 Å². The Bertz CT molecular complexity index is 27.2. The summed E-state index contributed by atoms with van der Waals surface area (Å²) in [6.45, 7) is 0. The van der Waals surface area contributed by atoms with Crippen molar-refractivity contribution in [2.45, 2.75) is 0 Å². The van der Waals surface area contributed by atoms with Crippen molar-refractivity contribution in [1.82, 2.24) is 0 Å². The molecule has 7 heavy (non-hydrogen) atoms. The molecule has 2 N–H and O–H groups in total. The summed E-state index contributed by atoms with van der Waals surface area (Å²) in [5.41, 5.74) is 0. The van der Waals surface area contributed by atoms with Crippen molar-refractivity contribution in [2.75, 3.05) is 28.2 Å². The van der Waals surface area contributed by atoms with Crippen LogP contribution in [0.25, 0.3) is 0 Å². The molecule has 0 aliphatic rings. The minimum atomic E-state index is 0. The number of quaternary nitrogens is 1. The Morgan fingerprint density at radius 1 is 0.857 bits per heavy atom. The van der Waals surface area contributed by atoms with E-state index in [1.165, 1.54) is 0 Å². The second kappa shape index (κ2) is 5.06. The van der Waals surface area contributed by atoms with Gasteiger partial charge >= 0.3 is 29.6 Å². The second-order valence-corrected chi connectivity index (χ2v) is 2.68. The van der Waals surface area contributed by atoms with Gasteiger partial charge in [-0.1, -0.05) is 0 Å². The van der Waals surface area contributed by atoms with Gasteiger partial charge in [-0.05, 0) is 0 Å². The van der Waals surface area contributed by atoms with Crippen LogP contribution in [0, 0.1) is 0 Å². The van der Waals surface area contributed by atoms with Gasteiger partial charge in [0.1, 0.15) is 0 Å². The van der Waals surface area contributed by atoms with Crippen LogP contribution in [0.5, 0.6) is 0 Å². The fraction of sp³-hybridized carbons (Fsp3) is 1.00. The number of hydrogen-bond acceptors (Lipinski definition) is 0. The zero-order valence-corrected chi connectivity index (χ0v) is 4.95. The molecule has 0 fully saturated rings. The van der Waals surface area contributed by atoms with Gasteiger partial charge in [0.15, 0.2) is 0 Å². The van der Waals surface area contributed by atoms with Crippen LogP contribution in [0.2, 0.25) is 0 Å². The molecular formula is C4H15NNaO+. The van der Waals surface area contributed by atoms with Crippen LogP contribution in [-0.2, 0) is 0 Å². The van der Waals surface area contributed by atoms with E-state index >= 15 is 0 Å². The van der Waals surface area contributed by atoms with E-state index in [1.807, 2.05) is 0 Å². The maximum atomic E-state index is 2.12. The van der Waals surface area contributed by atoms with E-state index in [4.69, 9.17) is 0 Å². The number of nitrogens with zero attached hydrogens (tertiary/aromatic N) is 1. The third kappa shape index (κ3) is 198. The van der Waals surface area contributed by atoms with Gasteiger partial charge in [0.2, 0.25) is 0 Å². The molecule has 0 unspecified atom stereocenters. The summed E-state index contributed by atoms with van der Waals surface area (Å²) in [7, 11) is 8.50. The van der Waals surface area contributed by atoms with Gasteiger partial charge in [0.05, 0.1) is 28.2 Å². The molecule has 0 radical (unpaired) electrons. The Balaban J connectivity index is -0.0000000800. The van der Waals surface area contributed by atoms with Crippen molar-refractivity contribution >= 4 is 29.6 Å². The third-order valence-corrected chi connectivity index (χ3v) is 0. The Kier molecular flexibility index (Phi) is 11.3. The molecule has 0 spiro atoms. The summed E-state index contributed by atoms with van der Waals surface area (Å²) < 4.78 is 1.00. The molecule has 0 aromatic rings. The molecular weight excluding hydrogens is 101 g/mol. The predicted octanol–water partition coefficient (Wildman–Crippen LogP) is -1.15. The van der Waals surface area contributed by atoms with Gasteiger partial charge < -0.3 is 9.96 Å². The minimum absolute atomic E-state index is 0. The summed E-state index contributed by atoms with van der Waals surface area (Å²) in [6, 6.07) is 0. The molecule has 0 aliphatic carbocycles. The van der Waals surface area contributed by atoms with Gasteiger partial charge in [-0.2, -0.15) is 0 Å². The zero-order valence-electron chi connectivity index (χ0n) is 4.95. The Morgan fingerprint density at radius 2 is 0.857 bits per heavy atom. The van der Waals surface area contributed by atoms with E-state index in [2.05, 4.69) is 28.2 Å². The topological polar surface area (TPSA) is 31.5 Å². The predicted molar refractivity (Wildman–Crippen MR) is 34.7 cm³/mol. The Labute approximate surface area is 67.7 Å². The maximum absolute atomic E-state index is 2.12. The van der Waals surface area contributed by atoms with Crippen LogP contribution in [-0.4, -0.2) is 67.7 Å². The summed E-state index contributed by atoms with van der Waals surface area (Å²) in [6.07, 6.45) is 0. The summed E-state index contributed by atoms with van der Waals surface area (Å²) in [5.74, 6) is 0. The molecule has 0 amide bonds. The van der Waals surface area contributed by atoms with E-state index in [1.54, 1.807) is 0 Å². The van der Waals surface area contributed by atoms with Crippen molar-refractivity contribution in [3.05, 3.63) is 0 Å². The average molecular weight is 116 g/mol. The Hall–Kier alpha value is 0.920. The van der Waals surface area contributed by atoms with Crippen LogP contribution in [0.3, 0.4) is 0 Å². The van der Waals surface area contributed by atoms with Gasteiger partial charge in [-0.15, -0.1) is 0 Å². The van der Waals surface area contributed by atoms with Gasteiger partial charge in [0, 0.05) is 0 Å². The molecule has 0 atom stereocenters. The van der Waals surface area contributed by atoms with Gasteiger partial charge in [0.25, 0.3) is 0 Å². The standard InChI is InChI=1S/C4H12N.Na.H2O.H/c1-5(2,3)4;;;/h1-4H3;;1H2;/q+1;;;. The quantitative estimate of drug-likeness (QED) is 0.283. The first-order valence-corrected chi connectivity index (χ1v) is 1.79. The Morgan fingerprint density at radius 3 is 0.857 bits per heavy atom. The molecule has 2 nitrogen and oxygen atoms in total. The molecule has 0 aromatic heterocycles. The first kappa shape index (κ1) is 15.7. The first-order chi connectivity index (χ1) is 2.00. The number of hydrogen-bond donors (Lipinski definition) is 0. The van der Waals surface area contributed by atoms with Crippen molar-refractivity contribution in [2.24, 2.45) is 0 Å². The molecule has 0 heterocycles. The molecule has 0 saturated carbocycles. The molecule has 0 aromatic carbocycles. The molecule has 0 saturated heterocycles. The van der Waals surface area contributed by atoms with Crippen LogP contribution in [0.15, 0.2) is 0 Å². The van der Waals surface area contributed by atoms with E-state index in [-0.39, 0.29) is 35.0 Å². The fourth-order valence-corrected chi connectivity index (χ4v) is 0. The van der Waals surface area contributed by atoms with Crippen LogP contribution < -0.4 is 0 Å². The number of rotatable bonds is 0. The fourth-order valence-electron chi connectivity index (χ4n) is 0. The molecule has 3 heteroatoms. The van der Waals surface area contributed by atoms with E-state index < -0.39 is 0 Å². The molecule has 42 valence electrons. The van der Waals surface area contributed by atoms with Crippen LogP contribution in [0.1, 0.15) is 0 Å². The second-order valence-electron chi connectivity index (χ2n) is 2.68. The van der Waals surface area contributed by atoms with Crippen molar-refractivity contribution in [1.29, 1.82) is 0 Å². The van der Waals surface area contributed by atoms with Crippen molar-refractivity contribution in [3.63, 3.8) is 0 Å². The van der Waals surface area contributed by atoms with Crippen molar-refractivity contribution < 1.29 is 9.96 Å². The first-order valence-electron chi connectivity index (χ1n) is 1.79. The average Bonchev–Trinajstić information content (AvgIpc) is 0.722. The van der Waals surface area contributed by atoms with Crippen molar-refractivity contribution in [3.8, 4) is 0 Å². The van der Waals surface area contributed by atoms with Crippen LogP contribution >= 0.6 is 0 Å². The summed E-state index contributed by atoms with van der Waals surface area (Å²) in [4.78, 5) is 0. The van der Waals surface area contributed by atoms with E-state index in [9.17, 15) is 0 Å². The summed E-state index contributed by atoms with van der Waals surface area (Å²) in [5, 5.41) is 0. The molecule has 0 rings (SSSR count). The molecule has 0 aliphatic heterocycles. The molecule has 0 bridgehead atoms. The summed E-state index contributed by atoms with van der Waals surface area (Å²) >= 11 is 0. The monoisotopic (exact) mass is 116 g/mol. The zero-order chi connectivity index (χ0) is 4.50. The third-order valence-electron chi connectivity index (χ3n) is 0.